The second-order valence-electron chi connectivity index (χ2n) is 3.60. The molecular formula is C13H12BrNO. The molecule has 16 heavy (non-hydrogen) atoms. The molecule has 0 aliphatic rings. The van der Waals surface area contributed by atoms with Gasteiger partial charge in [0, 0.05) is 6.07 Å². The van der Waals surface area contributed by atoms with Crippen molar-refractivity contribution in [2.24, 2.45) is 0 Å². The van der Waals surface area contributed by atoms with E-state index in [2.05, 4.69) is 33.9 Å². The van der Waals surface area contributed by atoms with E-state index in [9.17, 15) is 0 Å². The molecule has 0 saturated carbocycles. The SMILES string of the molecule is Cc1cccc(Oc2cccc(Br)n2)c1C. The Labute approximate surface area is 103 Å². The van der Waals surface area contributed by atoms with Gasteiger partial charge in [-0.3, -0.25) is 0 Å². The summed E-state index contributed by atoms with van der Waals surface area (Å²) in [4.78, 5) is 4.23. The fourth-order valence-electron chi connectivity index (χ4n) is 1.39. The van der Waals surface area contributed by atoms with Crippen molar-refractivity contribution < 1.29 is 4.74 Å². The number of ether oxygens (including phenoxy) is 1. The summed E-state index contributed by atoms with van der Waals surface area (Å²) in [6.45, 7) is 4.11. The minimum Gasteiger partial charge on any atom is -0.439 e. The topological polar surface area (TPSA) is 22.1 Å². The molecule has 3 heteroatoms. The average Bonchev–Trinajstić information content (AvgIpc) is 2.25. The number of nitrogens with zero attached hydrogens (tertiary/aromatic N) is 1. The minimum absolute atomic E-state index is 0.600. The van der Waals surface area contributed by atoms with Crippen LogP contribution in [-0.4, -0.2) is 4.98 Å². The number of benzene rings is 1. The van der Waals surface area contributed by atoms with Gasteiger partial charge in [-0.2, -0.15) is 0 Å². The predicted octanol–water partition coefficient (Wildman–Crippen LogP) is 4.25. The number of aryl methyl sites for hydroxylation is 1. The quantitative estimate of drug-likeness (QED) is 0.766. The van der Waals surface area contributed by atoms with Crippen LogP contribution < -0.4 is 4.74 Å². The Bertz CT molecular complexity index is 511. The lowest BCUT2D eigenvalue weighted by atomic mass is 10.1. The number of pyridine rings is 1. The van der Waals surface area contributed by atoms with E-state index < -0.39 is 0 Å². The fraction of sp³-hybridized carbons (Fsp3) is 0.154. The molecule has 82 valence electrons. The summed E-state index contributed by atoms with van der Waals surface area (Å²) in [5.41, 5.74) is 2.36. The second-order valence-corrected chi connectivity index (χ2v) is 4.41. The van der Waals surface area contributed by atoms with Crippen molar-refractivity contribution in [1.82, 2.24) is 4.98 Å². The van der Waals surface area contributed by atoms with E-state index in [0.717, 1.165) is 15.9 Å². The highest BCUT2D eigenvalue weighted by Gasteiger charge is 2.04. The van der Waals surface area contributed by atoms with Crippen molar-refractivity contribution in [3.05, 3.63) is 52.1 Å². The zero-order valence-corrected chi connectivity index (χ0v) is 10.8. The first kappa shape index (κ1) is 11.1. The molecule has 1 aromatic heterocycles. The van der Waals surface area contributed by atoms with E-state index in [0.29, 0.717) is 5.88 Å². The molecule has 0 bridgehead atoms. The highest BCUT2D eigenvalue weighted by Crippen LogP contribution is 2.26. The standard InChI is InChI=1S/C13H12BrNO/c1-9-5-3-6-11(10(9)2)16-13-8-4-7-12(14)15-13/h3-8H,1-2H3. The molecule has 2 aromatic rings. The summed E-state index contributed by atoms with van der Waals surface area (Å²) in [5.74, 6) is 1.45. The first-order valence-corrected chi connectivity index (χ1v) is 5.83. The summed E-state index contributed by atoms with van der Waals surface area (Å²) in [6.07, 6.45) is 0. The predicted molar refractivity (Wildman–Crippen MR) is 67.9 cm³/mol. The molecule has 0 aliphatic heterocycles. The Morgan fingerprint density at radius 1 is 1.06 bits per heavy atom. The fourth-order valence-corrected chi connectivity index (χ4v) is 1.72. The Balaban J connectivity index is 2.31. The Morgan fingerprint density at radius 2 is 1.81 bits per heavy atom. The van der Waals surface area contributed by atoms with E-state index in [1.807, 2.05) is 37.3 Å². The monoisotopic (exact) mass is 277 g/mol. The van der Waals surface area contributed by atoms with Gasteiger partial charge in [-0.25, -0.2) is 4.98 Å². The summed E-state index contributed by atoms with van der Waals surface area (Å²) in [7, 11) is 0. The first-order chi connectivity index (χ1) is 7.66. The number of rotatable bonds is 2. The van der Waals surface area contributed by atoms with E-state index in [-0.39, 0.29) is 0 Å². The molecule has 2 nitrogen and oxygen atoms in total. The molecule has 0 atom stereocenters. The van der Waals surface area contributed by atoms with Crippen LogP contribution in [0.1, 0.15) is 11.1 Å². The normalized spacial score (nSPS) is 10.2. The van der Waals surface area contributed by atoms with E-state index in [1.165, 1.54) is 5.56 Å². The van der Waals surface area contributed by atoms with Gasteiger partial charge in [0.25, 0.3) is 0 Å². The lowest BCUT2D eigenvalue weighted by Gasteiger charge is -2.09. The Hall–Kier alpha value is -1.35. The molecule has 0 N–H and O–H groups in total. The molecule has 0 fully saturated rings. The number of hydrogen-bond donors (Lipinski definition) is 0. The van der Waals surface area contributed by atoms with Gasteiger partial charge < -0.3 is 4.74 Å². The maximum atomic E-state index is 5.73. The van der Waals surface area contributed by atoms with E-state index >= 15 is 0 Å². The van der Waals surface area contributed by atoms with Crippen LogP contribution in [-0.2, 0) is 0 Å². The molecular weight excluding hydrogens is 266 g/mol. The number of halogens is 1. The molecule has 0 spiro atoms. The van der Waals surface area contributed by atoms with Crippen molar-refractivity contribution in [1.29, 1.82) is 0 Å². The van der Waals surface area contributed by atoms with Crippen LogP contribution in [0.5, 0.6) is 11.6 Å². The van der Waals surface area contributed by atoms with Gasteiger partial charge in [-0.15, -0.1) is 0 Å². The van der Waals surface area contributed by atoms with Crippen LogP contribution in [0.4, 0.5) is 0 Å². The van der Waals surface area contributed by atoms with Gasteiger partial charge in [0.15, 0.2) is 0 Å². The first-order valence-electron chi connectivity index (χ1n) is 5.03. The number of hydrogen-bond acceptors (Lipinski definition) is 2. The number of aromatic nitrogens is 1. The third-order valence-corrected chi connectivity index (χ3v) is 2.90. The molecule has 0 aliphatic carbocycles. The molecule has 0 amide bonds. The lowest BCUT2D eigenvalue weighted by Crippen LogP contribution is -1.91. The zero-order chi connectivity index (χ0) is 11.5. The van der Waals surface area contributed by atoms with Crippen molar-refractivity contribution in [2.75, 3.05) is 0 Å². The Morgan fingerprint density at radius 3 is 2.56 bits per heavy atom. The molecule has 1 heterocycles. The highest BCUT2D eigenvalue weighted by atomic mass is 79.9. The van der Waals surface area contributed by atoms with E-state index in [1.54, 1.807) is 0 Å². The van der Waals surface area contributed by atoms with Gasteiger partial charge in [0.1, 0.15) is 10.4 Å². The average molecular weight is 278 g/mol. The Kier molecular flexibility index (Phi) is 3.25. The van der Waals surface area contributed by atoms with Crippen molar-refractivity contribution in [3.8, 4) is 11.6 Å². The van der Waals surface area contributed by atoms with Gasteiger partial charge in [-0.05, 0) is 53.0 Å². The van der Waals surface area contributed by atoms with Crippen LogP contribution in [0.25, 0.3) is 0 Å². The van der Waals surface area contributed by atoms with Crippen molar-refractivity contribution in [3.63, 3.8) is 0 Å². The van der Waals surface area contributed by atoms with Crippen LogP contribution in [0.2, 0.25) is 0 Å². The summed E-state index contributed by atoms with van der Waals surface area (Å²) < 4.78 is 6.50. The van der Waals surface area contributed by atoms with Crippen LogP contribution >= 0.6 is 15.9 Å². The van der Waals surface area contributed by atoms with Crippen molar-refractivity contribution in [2.45, 2.75) is 13.8 Å². The maximum absolute atomic E-state index is 5.73. The molecule has 0 saturated heterocycles. The zero-order valence-electron chi connectivity index (χ0n) is 9.20. The van der Waals surface area contributed by atoms with Crippen molar-refractivity contribution >= 4 is 15.9 Å². The smallest absolute Gasteiger partial charge is 0.220 e. The van der Waals surface area contributed by atoms with Crippen LogP contribution in [0.15, 0.2) is 41.0 Å². The minimum atomic E-state index is 0.600. The molecule has 0 unspecified atom stereocenters. The summed E-state index contributed by atoms with van der Waals surface area (Å²) in [5, 5.41) is 0. The van der Waals surface area contributed by atoms with Crippen LogP contribution in [0.3, 0.4) is 0 Å². The van der Waals surface area contributed by atoms with E-state index in [4.69, 9.17) is 4.74 Å². The largest absolute Gasteiger partial charge is 0.439 e. The third kappa shape index (κ3) is 2.42. The van der Waals surface area contributed by atoms with Gasteiger partial charge in [0.2, 0.25) is 5.88 Å². The molecule has 2 rings (SSSR count). The highest BCUT2D eigenvalue weighted by molar-refractivity contribution is 9.10. The maximum Gasteiger partial charge on any atom is 0.220 e. The molecule has 0 radical (unpaired) electrons. The molecule has 1 aromatic carbocycles. The van der Waals surface area contributed by atoms with Gasteiger partial charge >= 0.3 is 0 Å². The van der Waals surface area contributed by atoms with Crippen LogP contribution in [0, 0.1) is 13.8 Å². The summed E-state index contributed by atoms with van der Waals surface area (Å²) >= 11 is 3.32. The lowest BCUT2D eigenvalue weighted by molar-refractivity contribution is 0.458. The van der Waals surface area contributed by atoms with Gasteiger partial charge in [0.05, 0.1) is 0 Å². The summed E-state index contributed by atoms with van der Waals surface area (Å²) in [6, 6.07) is 11.6. The van der Waals surface area contributed by atoms with Gasteiger partial charge in [-0.1, -0.05) is 18.2 Å². The second kappa shape index (κ2) is 4.66. The third-order valence-electron chi connectivity index (χ3n) is 2.46.